The van der Waals surface area contributed by atoms with Crippen LogP contribution < -0.4 is 19.5 Å². The van der Waals surface area contributed by atoms with Gasteiger partial charge in [-0.05, 0) is 88.1 Å². The van der Waals surface area contributed by atoms with Gasteiger partial charge in [-0.15, -0.1) is 0 Å². The predicted octanol–water partition coefficient (Wildman–Crippen LogP) is 6.76. The van der Waals surface area contributed by atoms with Crippen LogP contribution in [0, 0.1) is 25.7 Å². The molecule has 3 unspecified atom stereocenters. The number of rotatable bonds is 13. The Bertz CT molecular complexity index is 1880. The fourth-order valence-corrected chi connectivity index (χ4v) is 7.41. The number of carbonyl (C=O) groups is 1. The average Bonchev–Trinajstić information content (AvgIpc) is 3.25. The minimum atomic E-state index is -4.24. The highest BCUT2D eigenvalue weighted by molar-refractivity contribution is 7.92. The van der Waals surface area contributed by atoms with Crippen molar-refractivity contribution >= 4 is 21.9 Å². The lowest BCUT2D eigenvalue weighted by Crippen LogP contribution is -2.42. The van der Waals surface area contributed by atoms with Crippen LogP contribution in [-0.4, -0.2) is 58.2 Å². The Hall–Kier alpha value is -4.62. The highest BCUT2D eigenvalue weighted by Crippen LogP contribution is 2.33. The van der Waals surface area contributed by atoms with Gasteiger partial charge in [-0.25, -0.2) is 32.9 Å². The number of anilines is 1. The monoisotopic (exact) mass is 702 g/mol. The Labute approximate surface area is 294 Å². The van der Waals surface area contributed by atoms with E-state index in [0.29, 0.717) is 29.1 Å². The number of carboxylic acid groups (broad SMARTS) is 1. The van der Waals surface area contributed by atoms with E-state index in [4.69, 9.17) is 9.47 Å². The second-order valence-electron chi connectivity index (χ2n) is 13.5. The van der Waals surface area contributed by atoms with Crippen molar-refractivity contribution in [3.8, 4) is 22.9 Å². The van der Waals surface area contributed by atoms with Gasteiger partial charge in [0, 0.05) is 17.7 Å². The third kappa shape index (κ3) is 9.33. The van der Waals surface area contributed by atoms with Crippen LogP contribution in [0.3, 0.4) is 0 Å². The quantitative estimate of drug-likeness (QED) is 0.135. The molecule has 0 bridgehead atoms. The largest absolute Gasteiger partial charge is 0.488 e. The zero-order valence-electron chi connectivity index (χ0n) is 29.4. The maximum atomic E-state index is 13.4. The summed E-state index contributed by atoms with van der Waals surface area (Å²) in [6, 6.07) is 12.5. The Kier molecular flexibility index (Phi) is 11.7. The third-order valence-corrected chi connectivity index (χ3v) is 9.95. The number of carboxylic acids is 1. The number of nitrogens with zero attached hydrogens (tertiary/aromatic N) is 4. The van der Waals surface area contributed by atoms with Crippen molar-refractivity contribution < 1.29 is 27.8 Å². The summed E-state index contributed by atoms with van der Waals surface area (Å²) in [7, 11) is -4.24. The van der Waals surface area contributed by atoms with Gasteiger partial charge < -0.3 is 19.9 Å². The summed E-state index contributed by atoms with van der Waals surface area (Å²) in [5.74, 6) is 0.872. The third-order valence-electron chi connectivity index (χ3n) is 8.63. The number of aromatic nitrogens is 4. The van der Waals surface area contributed by atoms with Crippen LogP contribution >= 0.6 is 0 Å². The number of benzene rings is 2. The summed E-state index contributed by atoms with van der Waals surface area (Å²) in [5.41, 5.74) is 3.07. The van der Waals surface area contributed by atoms with Crippen LogP contribution in [0.2, 0.25) is 0 Å². The number of sulfonamides is 1. The molecule has 0 amide bonds. The number of hydrogen-bond donors (Lipinski definition) is 3. The summed E-state index contributed by atoms with van der Waals surface area (Å²) < 4.78 is 41.5. The zero-order chi connectivity index (χ0) is 36.0. The Morgan fingerprint density at radius 1 is 1.00 bits per heavy atom. The van der Waals surface area contributed by atoms with Crippen molar-refractivity contribution in [2.75, 3.05) is 11.3 Å². The molecule has 12 nitrogen and oxygen atoms in total. The van der Waals surface area contributed by atoms with Gasteiger partial charge in [0.2, 0.25) is 11.8 Å². The molecule has 0 aliphatic carbocycles. The second kappa shape index (κ2) is 15.9. The molecule has 2 aromatic carbocycles. The first-order chi connectivity index (χ1) is 23.8. The number of hydrogen-bond acceptors (Lipinski definition) is 10. The maximum absolute atomic E-state index is 13.4. The number of nitrogens with one attached hydrogen (secondary N) is 2. The van der Waals surface area contributed by atoms with E-state index in [9.17, 15) is 18.3 Å². The molecule has 3 N–H and O–H groups in total. The van der Waals surface area contributed by atoms with E-state index in [1.807, 2.05) is 45.9 Å². The molecule has 4 aromatic rings. The lowest BCUT2D eigenvalue weighted by atomic mass is 9.87. The molecule has 1 saturated heterocycles. The SMILES string of the molecule is Cc1cccc(C)c1-c1cc(OCC2NC(c3ncc(OC(C)C)cn3)CCCC2CC(C)C)nc(NS(=O)(=O)c2cccc(C(=O)O)c2)n1. The Balaban J connectivity index is 1.46. The normalized spacial score (nSPS) is 18.1. The van der Waals surface area contributed by atoms with Crippen LogP contribution in [0.5, 0.6) is 11.6 Å². The van der Waals surface area contributed by atoms with Gasteiger partial charge >= 0.3 is 5.97 Å². The van der Waals surface area contributed by atoms with Crippen molar-refractivity contribution in [1.82, 2.24) is 25.3 Å². The topological polar surface area (TPSA) is 166 Å². The van der Waals surface area contributed by atoms with E-state index < -0.39 is 16.0 Å². The molecule has 1 aliphatic heterocycles. The number of aromatic carboxylic acids is 1. The minimum Gasteiger partial charge on any atom is -0.488 e. The van der Waals surface area contributed by atoms with Gasteiger partial charge in [-0.1, -0.05) is 44.5 Å². The summed E-state index contributed by atoms with van der Waals surface area (Å²) >= 11 is 0. The highest BCUT2D eigenvalue weighted by Gasteiger charge is 2.31. The van der Waals surface area contributed by atoms with Crippen molar-refractivity contribution in [3.05, 3.63) is 83.4 Å². The molecule has 0 radical (unpaired) electrons. The lowest BCUT2D eigenvalue weighted by molar-refractivity contribution is 0.0696. The van der Waals surface area contributed by atoms with Crippen LogP contribution in [0.25, 0.3) is 11.3 Å². The van der Waals surface area contributed by atoms with E-state index in [-0.39, 0.29) is 47.1 Å². The highest BCUT2D eigenvalue weighted by atomic mass is 32.2. The van der Waals surface area contributed by atoms with Gasteiger partial charge in [0.1, 0.15) is 12.4 Å². The van der Waals surface area contributed by atoms with Gasteiger partial charge in [-0.3, -0.25) is 0 Å². The average molecular weight is 703 g/mol. The molecule has 3 atom stereocenters. The lowest BCUT2D eigenvalue weighted by Gasteiger charge is -2.29. The van der Waals surface area contributed by atoms with E-state index in [1.54, 1.807) is 18.5 Å². The second-order valence-corrected chi connectivity index (χ2v) is 15.2. The van der Waals surface area contributed by atoms with Crippen LogP contribution in [0.4, 0.5) is 5.95 Å². The van der Waals surface area contributed by atoms with E-state index >= 15 is 0 Å². The van der Waals surface area contributed by atoms with Crippen molar-refractivity contribution in [1.29, 1.82) is 0 Å². The smallest absolute Gasteiger partial charge is 0.335 e. The van der Waals surface area contributed by atoms with E-state index in [0.717, 1.165) is 48.4 Å². The maximum Gasteiger partial charge on any atom is 0.335 e. The molecule has 0 saturated carbocycles. The van der Waals surface area contributed by atoms with Crippen molar-refractivity contribution in [2.45, 2.75) is 90.3 Å². The summed E-state index contributed by atoms with van der Waals surface area (Å²) in [4.78, 5) is 29.6. The van der Waals surface area contributed by atoms with Crippen molar-refractivity contribution in [3.63, 3.8) is 0 Å². The van der Waals surface area contributed by atoms with Gasteiger partial charge in [0.25, 0.3) is 10.0 Å². The molecule has 0 spiro atoms. The first kappa shape index (κ1) is 36.7. The van der Waals surface area contributed by atoms with Crippen molar-refractivity contribution in [2.24, 2.45) is 11.8 Å². The molecule has 50 heavy (non-hydrogen) atoms. The first-order valence-electron chi connectivity index (χ1n) is 17.0. The molecule has 2 aromatic heterocycles. The Morgan fingerprint density at radius 3 is 2.36 bits per heavy atom. The fraction of sp³-hybridized carbons (Fsp3) is 0.432. The molecule has 1 aliphatic rings. The molecular weight excluding hydrogens is 657 g/mol. The van der Waals surface area contributed by atoms with E-state index in [2.05, 4.69) is 43.8 Å². The van der Waals surface area contributed by atoms with E-state index in [1.165, 1.54) is 18.2 Å². The molecule has 13 heteroatoms. The standard InChI is InChI=1S/C37H46N6O6S/c1-22(2)16-26-12-9-15-30(35-38-19-28(20-39-35)49-23(3)4)40-32(26)21-48-33-18-31(34-24(5)10-7-11-25(34)6)41-37(42-33)43-50(46,47)29-14-8-13-27(17-29)36(44)45/h7-8,10-11,13-14,17-20,22-23,26,30,32,40H,9,12,15-16,21H2,1-6H3,(H,44,45)(H,41,42,43). The van der Waals surface area contributed by atoms with Gasteiger partial charge in [-0.2, -0.15) is 4.98 Å². The summed E-state index contributed by atoms with van der Waals surface area (Å²) in [5, 5.41) is 13.2. The summed E-state index contributed by atoms with van der Waals surface area (Å²) in [6.07, 6.45) is 7.31. The number of aryl methyl sites for hydroxylation is 2. The van der Waals surface area contributed by atoms with Crippen LogP contribution in [-0.2, 0) is 10.0 Å². The van der Waals surface area contributed by atoms with Crippen LogP contribution in [0.1, 0.15) is 86.7 Å². The minimum absolute atomic E-state index is 0.0229. The molecule has 1 fully saturated rings. The Morgan fingerprint density at radius 2 is 1.70 bits per heavy atom. The molecular formula is C37H46N6O6S. The predicted molar refractivity (Wildman–Crippen MR) is 191 cm³/mol. The fourth-order valence-electron chi connectivity index (χ4n) is 6.42. The molecule has 5 rings (SSSR count). The summed E-state index contributed by atoms with van der Waals surface area (Å²) in [6.45, 7) is 12.5. The zero-order valence-corrected chi connectivity index (χ0v) is 30.2. The first-order valence-corrected chi connectivity index (χ1v) is 18.5. The number of ether oxygens (including phenoxy) is 2. The van der Waals surface area contributed by atoms with Gasteiger partial charge in [0.15, 0.2) is 5.75 Å². The molecule has 3 heterocycles. The van der Waals surface area contributed by atoms with Crippen LogP contribution in [0.15, 0.2) is 65.8 Å². The van der Waals surface area contributed by atoms with Gasteiger partial charge in [0.05, 0.1) is 40.7 Å². The molecule has 266 valence electrons.